The van der Waals surface area contributed by atoms with E-state index in [0.717, 1.165) is 25.3 Å². The molecule has 0 heterocycles. The van der Waals surface area contributed by atoms with E-state index < -0.39 is 0 Å². The molecule has 0 aliphatic rings. The highest BCUT2D eigenvalue weighted by Crippen LogP contribution is 2.18. The first-order valence-corrected chi connectivity index (χ1v) is 6.61. The van der Waals surface area contributed by atoms with Gasteiger partial charge in [-0.05, 0) is 36.5 Å². The molecule has 18 heavy (non-hydrogen) atoms. The van der Waals surface area contributed by atoms with Crippen molar-refractivity contribution in [2.24, 2.45) is 5.41 Å². The van der Waals surface area contributed by atoms with Crippen LogP contribution in [0.4, 0.5) is 0 Å². The summed E-state index contributed by atoms with van der Waals surface area (Å²) in [5, 5.41) is 12.4. The zero-order valence-corrected chi connectivity index (χ0v) is 11.7. The fraction of sp³-hybridized carbons (Fsp3) is 0.600. The maximum atomic E-state index is 8.97. The molecule has 0 saturated carbocycles. The van der Waals surface area contributed by atoms with Crippen LogP contribution in [0.5, 0.6) is 5.75 Å². The fourth-order valence-electron chi connectivity index (χ4n) is 1.85. The van der Waals surface area contributed by atoms with Crippen LogP contribution in [-0.4, -0.2) is 24.9 Å². The molecular weight excluding hydrogens is 226 g/mol. The Bertz CT molecular complexity index is 350. The number of benzene rings is 1. The van der Waals surface area contributed by atoms with Crippen LogP contribution in [0.1, 0.15) is 32.8 Å². The predicted octanol–water partition coefficient (Wildman–Crippen LogP) is 2.58. The van der Waals surface area contributed by atoms with E-state index in [4.69, 9.17) is 9.84 Å². The maximum absolute atomic E-state index is 8.97. The monoisotopic (exact) mass is 251 g/mol. The molecule has 1 aromatic carbocycles. The zero-order chi connectivity index (χ0) is 13.4. The minimum atomic E-state index is 0.131. The van der Waals surface area contributed by atoms with E-state index in [2.05, 4.69) is 31.3 Å². The van der Waals surface area contributed by atoms with E-state index in [9.17, 15) is 0 Å². The standard InChI is InChI=1S/C15H25NO2/c1-4-18-14-7-5-6-13(10-14)11-16-12-15(2,3)8-9-17/h5-7,10,16-17H,4,8-9,11-12H2,1-3H3. The van der Waals surface area contributed by atoms with Crippen LogP contribution in [0.15, 0.2) is 24.3 Å². The van der Waals surface area contributed by atoms with E-state index >= 15 is 0 Å². The minimum absolute atomic E-state index is 0.131. The van der Waals surface area contributed by atoms with Crippen LogP contribution < -0.4 is 10.1 Å². The Morgan fingerprint density at radius 1 is 1.33 bits per heavy atom. The number of ether oxygens (including phenoxy) is 1. The average molecular weight is 251 g/mol. The van der Waals surface area contributed by atoms with Crippen molar-refractivity contribution < 1.29 is 9.84 Å². The van der Waals surface area contributed by atoms with Crippen LogP contribution in [-0.2, 0) is 6.54 Å². The van der Waals surface area contributed by atoms with Crippen molar-refractivity contribution in [3.05, 3.63) is 29.8 Å². The van der Waals surface area contributed by atoms with Gasteiger partial charge in [-0.3, -0.25) is 0 Å². The van der Waals surface area contributed by atoms with Crippen molar-refractivity contribution in [3.63, 3.8) is 0 Å². The SMILES string of the molecule is CCOc1cccc(CNCC(C)(C)CCO)c1. The summed E-state index contributed by atoms with van der Waals surface area (Å²) in [5.74, 6) is 0.923. The minimum Gasteiger partial charge on any atom is -0.494 e. The Morgan fingerprint density at radius 2 is 2.11 bits per heavy atom. The first-order chi connectivity index (χ1) is 8.57. The summed E-state index contributed by atoms with van der Waals surface area (Å²) >= 11 is 0. The lowest BCUT2D eigenvalue weighted by Gasteiger charge is -2.24. The van der Waals surface area contributed by atoms with Crippen LogP contribution >= 0.6 is 0 Å². The summed E-state index contributed by atoms with van der Waals surface area (Å²) < 4.78 is 5.47. The summed E-state index contributed by atoms with van der Waals surface area (Å²) in [6.07, 6.45) is 0.818. The molecule has 0 radical (unpaired) electrons. The predicted molar refractivity (Wildman–Crippen MR) is 74.8 cm³/mol. The lowest BCUT2D eigenvalue weighted by molar-refractivity contribution is 0.207. The van der Waals surface area contributed by atoms with E-state index in [0.29, 0.717) is 6.61 Å². The number of rotatable bonds is 8. The molecule has 0 aliphatic heterocycles. The van der Waals surface area contributed by atoms with Gasteiger partial charge >= 0.3 is 0 Å². The van der Waals surface area contributed by atoms with Gasteiger partial charge in [0.05, 0.1) is 6.61 Å². The molecule has 0 unspecified atom stereocenters. The molecule has 0 bridgehead atoms. The van der Waals surface area contributed by atoms with Crippen LogP contribution in [0.3, 0.4) is 0 Å². The molecule has 0 amide bonds. The Morgan fingerprint density at radius 3 is 2.78 bits per heavy atom. The van der Waals surface area contributed by atoms with Crippen molar-refractivity contribution in [1.82, 2.24) is 5.32 Å². The molecule has 0 aliphatic carbocycles. The van der Waals surface area contributed by atoms with Crippen molar-refractivity contribution in [2.45, 2.75) is 33.7 Å². The summed E-state index contributed by atoms with van der Waals surface area (Å²) in [4.78, 5) is 0. The molecule has 0 saturated heterocycles. The van der Waals surface area contributed by atoms with Crippen LogP contribution in [0.2, 0.25) is 0 Å². The third-order valence-corrected chi connectivity index (χ3v) is 2.93. The summed E-state index contributed by atoms with van der Waals surface area (Å²) in [5.41, 5.74) is 1.35. The van der Waals surface area contributed by atoms with Crippen LogP contribution in [0.25, 0.3) is 0 Å². The molecule has 1 rings (SSSR count). The number of hydrogen-bond acceptors (Lipinski definition) is 3. The zero-order valence-electron chi connectivity index (χ0n) is 11.7. The van der Waals surface area contributed by atoms with Crippen molar-refractivity contribution in [2.75, 3.05) is 19.8 Å². The summed E-state index contributed by atoms with van der Waals surface area (Å²) in [7, 11) is 0. The molecular formula is C15H25NO2. The highest BCUT2D eigenvalue weighted by Gasteiger charge is 2.16. The molecule has 0 fully saturated rings. The van der Waals surface area contributed by atoms with E-state index in [1.807, 2.05) is 19.1 Å². The Labute approximate surface area is 110 Å². The molecule has 3 heteroatoms. The quantitative estimate of drug-likeness (QED) is 0.746. The second-order valence-corrected chi connectivity index (χ2v) is 5.32. The normalized spacial score (nSPS) is 11.6. The van der Waals surface area contributed by atoms with Gasteiger partial charge in [-0.1, -0.05) is 26.0 Å². The fourth-order valence-corrected chi connectivity index (χ4v) is 1.85. The van der Waals surface area contributed by atoms with Gasteiger partial charge in [-0.2, -0.15) is 0 Å². The Hall–Kier alpha value is -1.06. The third kappa shape index (κ3) is 5.52. The van der Waals surface area contributed by atoms with E-state index in [-0.39, 0.29) is 12.0 Å². The molecule has 0 spiro atoms. The average Bonchev–Trinajstić information content (AvgIpc) is 2.29. The molecule has 0 atom stereocenters. The Balaban J connectivity index is 2.41. The molecule has 3 nitrogen and oxygen atoms in total. The molecule has 0 aromatic heterocycles. The number of nitrogens with one attached hydrogen (secondary N) is 1. The maximum Gasteiger partial charge on any atom is 0.119 e. The van der Waals surface area contributed by atoms with Crippen LogP contribution in [0, 0.1) is 5.41 Å². The second-order valence-electron chi connectivity index (χ2n) is 5.32. The third-order valence-electron chi connectivity index (χ3n) is 2.93. The van der Waals surface area contributed by atoms with Gasteiger partial charge in [0.1, 0.15) is 5.75 Å². The smallest absolute Gasteiger partial charge is 0.119 e. The highest BCUT2D eigenvalue weighted by molar-refractivity contribution is 5.28. The van der Waals surface area contributed by atoms with Gasteiger partial charge in [0.15, 0.2) is 0 Å². The van der Waals surface area contributed by atoms with Gasteiger partial charge in [-0.15, -0.1) is 0 Å². The lowest BCUT2D eigenvalue weighted by Crippen LogP contribution is -2.29. The first kappa shape index (κ1) is 15.0. The van der Waals surface area contributed by atoms with Crippen molar-refractivity contribution in [3.8, 4) is 5.75 Å². The second kappa shape index (κ2) is 7.39. The van der Waals surface area contributed by atoms with Gasteiger partial charge in [-0.25, -0.2) is 0 Å². The molecule has 102 valence electrons. The van der Waals surface area contributed by atoms with Gasteiger partial charge < -0.3 is 15.2 Å². The topological polar surface area (TPSA) is 41.5 Å². The van der Waals surface area contributed by atoms with Crippen molar-refractivity contribution in [1.29, 1.82) is 0 Å². The number of aliphatic hydroxyl groups is 1. The number of aliphatic hydroxyl groups excluding tert-OH is 1. The summed E-state index contributed by atoms with van der Waals surface area (Å²) in [6, 6.07) is 8.15. The van der Waals surface area contributed by atoms with Gasteiger partial charge in [0.2, 0.25) is 0 Å². The number of hydrogen-bond donors (Lipinski definition) is 2. The summed E-state index contributed by atoms with van der Waals surface area (Å²) in [6.45, 7) is 8.97. The van der Waals surface area contributed by atoms with E-state index in [1.54, 1.807) is 0 Å². The molecule has 1 aromatic rings. The first-order valence-electron chi connectivity index (χ1n) is 6.61. The Kier molecular flexibility index (Phi) is 6.16. The molecule has 2 N–H and O–H groups in total. The largest absolute Gasteiger partial charge is 0.494 e. The van der Waals surface area contributed by atoms with Crippen molar-refractivity contribution >= 4 is 0 Å². The van der Waals surface area contributed by atoms with E-state index in [1.165, 1.54) is 5.56 Å². The highest BCUT2D eigenvalue weighted by atomic mass is 16.5. The lowest BCUT2D eigenvalue weighted by atomic mass is 9.90. The van der Waals surface area contributed by atoms with Gasteiger partial charge in [0.25, 0.3) is 0 Å². The van der Waals surface area contributed by atoms with Gasteiger partial charge in [0, 0.05) is 19.7 Å².